The first-order valence-corrected chi connectivity index (χ1v) is 6.61. The quantitative estimate of drug-likeness (QED) is 0.629. The van der Waals surface area contributed by atoms with Gasteiger partial charge in [0, 0.05) is 21.4 Å². The highest BCUT2D eigenvalue weighted by Crippen LogP contribution is 2.25. The number of carboxylic acids is 1. The summed E-state index contributed by atoms with van der Waals surface area (Å²) in [5.74, 6) is -1.65. The fraction of sp³-hybridized carbons (Fsp3) is 0. The zero-order valence-electron chi connectivity index (χ0n) is 10.7. The minimum atomic E-state index is -1.23. The van der Waals surface area contributed by atoms with E-state index in [9.17, 15) is 14.3 Å². The molecular formula is C14H11BrFN3O2. The van der Waals surface area contributed by atoms with E-state index in [1.54, 1.807) is 0 Å². The van der Waals surface area contributed by atoms with Crippen molar-refractivity contribution in [2.45, 2.75) is 0 Å². The van der Waals surface area contributed by atoms with E-state index in [2.05, 4.69) is 21.2 Å². The van der Waals surface area contributed by atoms with Gasteiger partial charge in [-0.3, -0.25) is 0 Å². The second-order valence-electron chi connectivity index (χ2n) is 4.23. The number of hydrogen-bond acceptors (Lipinski definition) is 4. The van der Waals surface area contributed by atoms with Crippen LogP contribution in [0.15, 0.2) is 57.9 Å². The number of aliphatic carboxylic acids is 1. The number of nitrogens with one attached hydrogen (secondary N) is 2. The number of nitrogens with two attached hydrogens (primary N) is 1. The monoisotopic (exact) mass is 351 g/mol. The Labute approximate surface area is 128 Å². The molecule has 0 spiro atoms. The lowest BCUT2D eigenvalue weighted by molar-refractivity contribution is -0.132. The Hall–Kier alpha value is -2.41. The van der Waals surface area contributed by atoms with Crippen LogP contribution in [0, 0.1) is 11.2 Å². The van der Waals surface area contributed by atoms with Gasteiger partial charge >= 0.3 is 5.97 Å². The van der Waals surface area contributed by atoms with Crippen molar-refractivity contribution in [1.29, 1.82) is 5.41 Å². The minimum absolute atomic E-state index is 0.0253. The molecular weight excluding hydrogens is 341 g/mol. The maximum atomic E-state index is 12.9. The Morgan fingerprint density at radius 3 is 2.48 bits per heavy atom. The third kappa shape index (κ3) is 3.38. The zero-order chi connectivity index (χ0) is 15.6. The van der Waals surface area contributed by atoms with Gasteiger partial charge in [0.15, 0.2) is 0 Å². The molecule has 1 aromatic rings. The molecule has 0 atom stereocenters. The van der Waals surface area contributed by atoms with E-state index in [1.165, 1.54) is 36.4 Å². The lowest BCUT2D eigenvalue weighted by atomic mass is 10.0. The average molecular weight is 352 g/mol. The van der Waals surface area contributed by atoms with Crippen LogP contribution in [-0.2, 0) is 4.79 Å². The van der Waals surface area contributed by atoms with E-state index >= 15 is 0 Å². The van der Waals surface area contributed by atoms with Crippen LogP contribution in [-0.4, -0.2) is 16.8 Å². The Balaban J connectivity index is 2.44. The largest absolute Gasteiger partial charge is 0.477 e. The number of benzene rings is 1. The second-order valence-corrected chi connectivity index (χ2v) is 5.09. The van der Waals surface area contributed by atoms with Crippen molar-refractivity contribution in [2.75, 3.05) is 5.32 Å². The van der Waals surface area contributed by atoms with E-state index in [-0.39, 0.29) is 17.0 Å². The van der Waals surface area contributed by atoms with Crippen LogP contribution in [0.25, 0.3) is 0 Å². The summed E-state index contributed by atoms with van der Waals surface area (Å²) in [6.07, 6.45) is 2.81. The number of rotatable bonds is 3. The molecule has 5 N–H and O–H groups in total. The maximum Gasteiger partial charge on any atom is 0.353 e. The molecule has 1 aliphatic carbocycles. The van der Waals surface area contributed by atoms with Crippen molar-refractivity contribution in [1.82, 2.24) is 0 Å². The molecule has 7 heteroatoms. The number of anilines is 1. The van der Waals surface area contributed by atoms with E-state index in [1.807, 2.05) is 0 Å². The van der Waals surface area contributed by atoms with Crippen molar-refractivity contribution in [3.8, 4) is 0 Å². The number of allylic oxidation sites excluding steroid dienone is 4. The van der Waals surface area contributed by atoms with Crippen LogP contribution in [0.1, 0.15) is 0 Å². The Morgan fingerprint density at radius 1 is 1.29 bits per heavy atom. The van der Waals surface area contributed by atoms with Gasteiger partial charge in [-0.15, -0.1) is 0 Å². The highest BCUT2D eigenvalue weighted by Gasteiger charge is 2.20. The summed E-state index contributed by atoms with van der Waals surface area (Å²) in [5, 5.41) is 19.8. The van der Waals surface area contributed by atoms with Crippen LogP contribution in [0.2, 0.25) is 0 Å². The molecule has 0 radical (unpaired) electrons. The minimum Gasteiger partial charge on any atom is -0.477 e. The fourth-order valence-electron chi connectivity index (χ4n) is 1.71. The van der Waals surface area contributed by atoms with Gasteiger partial charge < -0.3 is 21.6 Å². The molecule has 0 aliphatic heterocycles. The molecule has 108 valence electrons. The molecule has 1 aliphatic rings. The number of hydrogen-bond donors (Lipinski definition) is 4. The summed E-state index contributed by atoms with van der Waals surface area (Å²) in [4.78, 5) is 11.4. The van der Waals surface area contributed by atoms with Crippen molar-refractivity contribution in [3.63, 3.8) is 0 Å². The smallest absolute Gasteiger partial charge is 0.353 e. The predicted molar refractivity (Wildman–Crippen MR) is 81.7 cm³/mol. The van der Waals surface area contributed by atoms with Crippen molar-refractivity contribution >= 4 is 33.3 Å². The second kappa shape index (κ2) is 5.92. The van der Waals surface area contributed by atoms with Gasteiger partial charge in [0.05, 0.1) is 5.71 Å². The molecule has 0 bridgehead atoms. The lowest BCUT2D eigenvalue weighted by Gasteiger charge is -2.15. The van der Waals surface area contributed by atoms with Gasteiger partial charge in [0.25, 0.3) is 0 Å². The molecule has 5 nitrogen and oxygen atoms in total. The van der Waals surface area contributed by atoms with E-state index < -0.39 is 11.8 Å². The molecule has 0 aromatic heterocycles. The third-order valence-electron chi connectivity index (χ3n) is 2.73. The van der Waals surface area contributed by atoms with Crippen molar-refractivity contribution < 1.29 is 14.3 Å². The standard InChI is InChI=1S/C14H11BrFN3O2/c15-10-5-9(11(17)6-12(10)18)13(14(20)21)19-8-3-1-7(16)2-4-8/h1-6,17,19H,18H2,(H,20,21)/b13-9-,17-11?. The van der Waals surface area contributed by atoms with Gasteiger partial charge in [-0.2, -0.15) is 0 Å². The van der Waals surface area contributed by atoms with Crippen molar-refractivity contribution in [2.24, 2.45) is 5.73 Å². The van der Waals surface area contributed by atoms with Gasteiger partial charge in [-0.1, -0.05) is 0 Å². The van der Waals surface area contributed by atoms with Gasteiger partial charge in [0.1, 0.15) is 11.5 Å². The summed E-state index contributed by atoms with van der Waals surface area (Å²) in [7, 11) is 0. The maximum absolute atomic E-state index is 12.9. The highest BCUT2D eigenvalue weighted by atomic mass is 79.9. The van der Waals surface area contributed by atoms with Crippen LogP contribution in [0.3, 0.4) is 0 Å². The van der Waals surface area contributed by atoms with E-state index in [4.69, 9.17) is 11.1 Å². The molecule has 0 heterocycles. The Morgan fingerprint density at radius 2 is 1.90 bits per heavy atom. The first kappa shape index (κ1) is 15.0. The lowest BCUT2D eigenvalue weighted by Crippen LogP contribution is -2.19. The normalized spacial score (nSPS) is 17.0. The molecule has 0 amide bonds. The summed E-state index contributed by atoms with van der Waals surface area (Å²) >= 11 is 3.20. The molecule has 2 rings (SSSR count). The predicted octanol–water partition coefficient (Wildman–Crippen LogP) is 2.73. The number of carboxylic acid groups (broad SMARTS) is 1. The SMILES string of the molecule is N=C1C=C(N)C(Br)=C/C1=C(/Nc1ccc(F)cc1)C(=O)O. The summed E-state index contributed by atoms with van der Waals surface area (Å²) in [6.45, 7) is 0. The van der Waals surface area contributed by atoms with E-state index in [0.29, 0.717) is 15.9 Å². The first-order chi connectivity index (χ1) is 9.88. The van der Waals surface area contributed by atoms with Crippen LogP contribution < -0.4 is 11.1 Å². The third-order valence-corrected chi connectivity index (χ3v) is 3.42. The van der Waals surface area contributed by atoms with Crippen molar-refractivity contribution in [3.05, 3.63) is 63.7 Å². The zero-order valence-corrected chi connectivity index (χ0v) is 12.2. The summed E-state index contributed by atoms with van der Waals surface area (Å²) < 4.78 is 13.4. The van der Waals surface area contributed by atoms with Gasteiger partial charge in [0.2, 0.25) is 0 Å². The van der Waals surface area contributed by atoms with Crippen LogP contribution >= 0.6 is 15.9 Å². The topological polar surface area (TPSA) is 99.2 Å². The number of carbonyl (C=O) groups is 1. The van der Waals surface area contributed by atoms with Crippen LogP contribution in [0.4, 0.5) is 10.1 Å². The first-order valence-electron chi connectivity index (χ1n) is 5.82. The highest BCUT2D eigenvalue weighted by molar-refractivity contribution is 9.12. The van der Waals surface area contributed by atoms with Crippen LogP contribution in [0.5, 0.6) is 0 Å². The van der Waals surface area contributed by atoms with E-state index in [0.717, 1.165) is 0 Å². The molecule has 21 heavy (non-hydrogen) atoms. The molecule has 0 unspecified atom stereocenters. The molecule has 0 fully saturated rings. The summed E-state index contributed by atoms with van der Waals surface area (Å²) in [5.41, 5.74) is 6.36. The van der Waals surface area contributed by atoms with Gasteiger partial charge in [-0.05, 0) is 52.3 Å². The molecule has 0 saturated heterocycles. The average Bonchev–Trinajstić information content (AvgIpc) is 2.42. The summed E-state index contributed by atoms with van der Waals surface area (Å²) in [6, 6.07) is 5.24. The Bertz CT molecular complexity index is 705. The molecule has 1 aromatic carbocycles. The molecule has 0 saturated carbocycles. The fourth-order valence-corrected chi connectivity index (χ4v) is 2.05. The number of halogens is 2. The van der Waals surface area contributed by atoms with Gasteiger partial charge in [-0.25, -0.2) is 9.18 Å². The Kier molecular flexibility index (Phi) is 4.23.